The summed E-state index contributed by atoms with van der Waals surface area (Å²) >= 11 is 0. The fourth-order valence-corrected chi connectivity index (χ4v) is 0.709. The zero-order valence-electron chi connectivity index (χ0n) is 6.24. The van der Waals surface area contributed by atoms with Gasteiger partial charge in [0.1, 0.15) is 5.82 Å². The first-order valence-corrected chi connectivity index (χ1v) is 3.33. The van der Waals surface area contributed by atoms with Crippen molar-refractivity contribution in [3.05, 3.63) is 12.3 Å². The molecule has 0 aliphatic carbocycles. The van der Waals surface area contributed by atoms with Crippen molar-refractivity contribution in [2.45, 2.75) is 6.92 Å². The van der Waals surface area contributed by atoms with Crippen molar-refractivity contribution >= 4 is 11.8 Å². The summed E-state index contributed by atoms with van der Waals surface area (Å²) in [4.78, 5) is 11.0. The number of anilines is 1. The summed E-state index contributed by atoms with van der Waals surface area (Å²) < 4.78 is 1.11. The van der Waals surface area contributed by atoms with Gasteiger partial charge >= 0.3 is 6.03 Å². The minimum Gasteiger partial charge on any atom is -0.383 e. The average molecular weight is 154 g/mol. The molecule has 0 bridgehead atoms. The van der Waals surface area contributed by atoms with E-state index >= 15 is 0 Å². The summed E-state index contributed by atoms with van der Waals surface area (Å²) in [6.07, 6.45) is 1.48. The molecule has 11 heavy (non-hydrogen) atoms. The lowest BCUT2D eigenvalue weighted by molar-refractivity contribution is 0.240. The van der Waals surface area contributed by atoms with Gasteiger partial charge in [-0.25, -0.2) is 4.79 Å². The second-order valence-electron chi connectivity index (χ2n) is 2.00. The van der Waals surface area contributed by atoms with Crippen molar-refractivity contribution in [2.24, 2.45) is 0 Å². The number of nitrogens with one attached hydrogen (secondary N) is 1. The minimum atomic E-state index is -0.296. The van der Waals surface area contributed by atoms with E-state index < -0.39 is 0 Å². The Kier molecular flexibility index (Phi) is 2.10. The number of nitrogens with two attached hydrogens (primary N) is 1. The third-order valence-corrected chi connectivity index (χ3v) is 1.19. The number of hydrogen-bond donors (Lipinski definition) is 2. The van der Waals surface area contributed by atoms with Crippen LogP contribution in [0.4, 0.5) is 10.6 Å². The standard InChI is InChI=1S/C6H10N4O/c1-2-8-6(11)10-5(7)3-4-9-10/h3-4H,2,7H2,1H3,(H,8,11). The highest BCUT2D eigenvalue weighted by atomic mass is 16.2. The Morgan fingerprint density at radius 1 is 1.91 bits per heavy atom. The summed E-state index contributed by atoms with van der Waals surface area (Å²) in [7, 11) is 0. The van der Waals surface area contributed by atoms with Crippen LogP contribution in [0.5, 0.6) is 0 Å². The monoisotopic (exact) mass is 154 g/mol. The van der Waals surface area contributed by atoms with E-state index in [1.165, 1.54) is 6.20 Å². The number of hydrogen-bond acceptors (Lipinski definition) is 3. The summed E-state index contributed by atoms with van der Waals surface area (Å²) in [5.74, 6) is 0.343. The second-order valence-corrected chi connectivity index (χ2v) is 2.00. The van der Waals surface area contributed by atoms with E-state index in [9.17, 15) is 4.79 Å². The molecule has 1 heterocycles. The molecule has 1 amide bonds. The molecule has 5 heteroatoms. The van der Waals surface area contributed by atoms with Crippen LogP contribution in [0.15, 0.2) is 12.3 Å². The minimum absolute atomic E-state index is 0.296. The van der Waals surface area contributed by atoms with E-state index in [0.29, 0.717) is 12.4 Å². The molecule has 0 aliphatic heterocycles. The van der Waals surface area contributed by atoms with Crippen LogP contribution < -0.4 is 11.1 Å². The van der Waals surface area contributed by atoms with Crippen molar-refractivity contribution in [1.82, 2.24) is 15.1 Å². The maximum absolute atomic E-state index is 11.0. The molecule has 0 saturated heterocycles. The van der Waals surface area contributed by atoms with Gasteiger partial charge in [-0.05, 0) is 6.92 Å². The molecule has 1 aromatic heterocycles. The van der Waals surface area contributed by atoms with Crippen LogP contribution in [-0.4, -0.2) is 22.4 Å². The predicted molar refractivity (Wildman–Crippen MR) is 41.1 cm³/mol. The Balaban J connectivity index is 2.76. The molecule has 0 aliphatic rings. The molecule has 0 atom stereocenters. The van der Waals surface area contributed by atoms with E-state index in [-0.39, 0.29) is 6.03 Å². The lowest BCUT2D eigenvalue weighted by Crippen LogP contribution is -2.29. The van der Waals surface area contributed by atoms with Crippen LogP contribution in [0.2, 0.25) is 0 Å². The topological polar surface area (TPSA) is 72.9 Å². The highest BCUT2D eigenvalue weighted by molar-refractivity contribution is 5.78. The summed E-state index contributed by atoms with van der Waals surface area (Å²) in [5.41, 5.74) is 5.41. The molecule has 1 rings (SSSR count). The maximum Gasteiger partial charge on any atom is 0.343 e. The smallest absolute Gasteiger partial charge is 0.343 e. The fourth-order valence-electron chi connectivity index (χ4n) is 0.709. The predicted octanol–water partition coefficient (Wildman–Crippen LogP) is 0.0429. The van der Waals surface area contributed by atoms with Gasteiger partial charge in [-0.1, -0.05) is 0 Å². The molecule has 3 N–H and O–H groups in total. The van der Waals surface area contributed by atoms with Gasteiger partial charge in [-0.3, -0.25) is 0 Å². The van der Waals surface area contributed by atoms with Crippen molar-refractivity contribution in [2.75, 3.05) is 12.3 Å². The van der Waals surface area contributed by atoms with E-state index in [2.05, 4.69) is 10.4 Å². The van der Waals surface area contributed by atoms with Crippen LogP contribution in [0.3, 0.4) is 0 Å². The largest absolute Gasteiger partial charge is 0.383 e. The highest BCUT2D eigenvalue weighted by Gasteiger charge is 2.05. The van der Waals surface area contributed by atoms with Crippen molar-refractivity contribution in [1.29, 1.82) is 0 Å². The normalized spacial score (nSPS) is 9.55. The van der Waals surface area contributed by atoms with E-state index in [0.717, 1.165) is 4.68 Å². The third-order valence-electron chi connectivity index (χ3n) is 1.19. The first-order valence-electron chi connectivity index (χ1n) is 3.33. The molecular formula is C6H10N4O. The molecule has 5 nitrogen and oxygen atoms in total. The number of nitrogen functional groups attached to an aromatic ring is 1. The van der Waals surface area contributed by atoms with Gasteiger partial charge in [0.15, 0.2) is 0 Å². The number of carbonyl (C=O) groups excluding carboxylic acids is 1. The number of amides is 1. The van der Waals surface area contributed by atoms with Crippen molar-refractivity contribution in [3.63, 3.8) is 0 Å². The van der Waals surface area contributed by atoms with E-state index in [4.69, 9.17) is 5.73 Å². The fraction of sp³-hybridized carbons (Fsp3) is 0.333. The van der Waals surface area contributed by atoms with Gasteiger partial charge in [0.05, 0.1) is 6.20 Å². The van der Waals surface area contributed by atoms with Gasteiger partial charge in [0, 0.05) is 12.6 Å². The van der Waals surface area contributed by atoms with Crippen LogP contribution in [0, 0.1) is 0 Å². The molecule has 0 unspecified atom stereocenters. The zero-order valence-corrected chi connectivity index (χ0v) is 6.24. The number of carbonyl (C=O) groups is 1. The number of aromatic nitrogens is 2. The number of rotatable bonds is 1. The van der Waals surface area contributed by atoms with Crippen molar-refractivity contribution < 1.29 is 4.79 Å². The lowest BCUT2D eigenvalue weighted by Gasteiger charge is -2.01. The molecule has 0 aromatic carbocycles. The molecule has 0 saturated carbocycles. The Morgan fingerprint density at radius 2 is 2.64 bits per heavy atom. The van der Waals surface area contributed by atoms with Gasteiger partial charge in [0.2, 0.25) is 0 Å². The van der Waals surface area contributed by atoms with Gasteiger partial charge in [-0.2, -0.15) is 9.78 Å². The highest BCUT2D eigenvalue weighted by Crippen LogP contribution is 1.97. The Labute approximate surface area is 64.2 Å². The van der Waals surface area contributed by atoms with Crippen molar-refractivity contribution in [3.8, 4) is 0 Å². The van der Waals surface area contributed by atoms with Crippen LogP contribution in [-0.2, 0) is 0 Å². The Bertz CT molecular complexity index is 255. The quantitative estimate of drug-likeness (QED) is 0.600. The lowest BCUT2D eigenvalue weighted by atomic mass is 10.6. The Morgan fingerprint density at radius 3 is 3.09 bits per heavy atom. The molecule has 60 valence electrons. The van der Waals surface area contributed by atoms with Crippen LogP contribution in [0.25, 0.3) is 0 Å². The first kappa shape index (κ1) is 7.59. The zero-order chi connectivity index (χ0) is 8.27. The average Bonchev–Trinajstić information content (AvgIpc) is 2.36. The van der Waals surface area contributed by atoms with Gasteiger partial charge in [0.25, 0.3) is 0 Å². The van der Waals surface area contributed by atoms with E-state index in [1.54, 1.807) is 6.07 Å². The molecular weight excluding hydrogens is 144 g/mol. The second kappa shape index (κ2) is 3.05. The Hall–Kier alpha value is -1.52. The molecule has 1 aromatic rings. The molecule has 0 spiro atoms. The first-order chi connectivity index (χ1) is 5.25. The SMILES string of the molecule is CCNC(=O)n1nccc1N. The van der Waals surface area contributed by atoms with Crippen LogP contribution >= 0.6 is 0 Å². The number of nitrogens with zero attached hydrogens (tertiary/aromatic N) is 2. The molecule has 0 fully saturated rings. The summed E-state index contributed by atoms with van der Waals surface area (Å²) in [6.45, 7) is 2.40. The van der Waals surface area contributed by atoms with Gasteiger partial charge < -0.3 is 11.1 Å². The van der Waals surface area contributed by atoms with E-state index in [1.807, 2.05) is 6.92 Å². The molecule has 0 radical (unpaired) electrons. The third kappa shape index (κ3) is 1.49. The maximum atomic E-state index is 11.0. The van der Waals surface area contributed by atoms with Crippen LogP contribution in [0.1, 0.15) is 6.92 Å². The summed E-state index contributed by atoms with van der Waals surface area (Å²) in [5, 5.41) is 6.28. The van der Waals surface area contributed by atoms with Gasteiger partial charge in [-0.15, -0.1) is 0 Å². The summed E-state index contributed by atoms with van der Waals surface area (Å²) in [6, 6.07) is 1.27.